The molecule has 0 aromatic heterocycles. The molecule has 2 N–H and O–H groups in total. The predicted molar refractivity (Wildman–Crippen MR) is 81.3 cm³/mol. The molecule has 1 aliphatic carbocycles. The lowest BCUT2D eigenvalue weighted by molar-refractivity contribution is -0.140. The summed E-state index contributed by atoms with van der Waals surface area (Å²) in [6.07, 6.45) is 5.16. The van der Waals surface area contributed by atoms with E-state index >= 15 is 0 Å². The van der Waals surface area contributed by atoms with Crippen molar-refractivity contribution in [2.45, 2.75) is 45.4 Å². The highest BCUT2D eigenvalue weighted by atomic mass is 16.4. The summed E-state index contributed by atoms with van der Waals surface area (Å²) in [6, 6.07) is 7.41. The highest BCUT2D eigenvalue weighted by Crippen LogP contribution is 2.38. The van der Waals surface area contributed by atoms with Crippen LogP contribution in [0.15, 0.2) is 24.3 Å². The summed E-state index contributed by atoms with van der Waals surface area (Å²) in [4.78, 5) is 23.3. The summed E-state index contributed by atoms with van der Waals surface area (Å²) >= 11 is 0. The zero-order chi connectivity index (χ0) is 15.3. The second kappa shape index (κ2) is 6.74. The van der Waals surface area contributed by atoms with E-state index in [1.807, 2.05) is 19.1 Å². The van der Waals surface area contributed by atoms with Gasteiger partial charge in [0.25, 0.3) is 5.91 Å². The van der Waals surface area contributed by atoms with Crippen LogP contribution in [0.5, 0.6) is 0 Å². The summed E-state index contributed by atoms with van der Waals surface area (Å²) in [5.41, 5.74) is 1.47. The molecule has 0 bridgehead atoms. The molecule has 114 valence electrons. The van der Waals surface area contributed by atoms with Gasteiger partial charge in [-0.2, -0.15) is 0 Å². The quantitative estimate of drug-likeness (QED) is 0.875. The van der Waals surface area contributed by atoms with E-state index < -0.39 is 5.97 Å². The lowest BCUT2D eigenvalue weighted by Crippen LogP contribution is -2.40. The van der Waals surface area contributed by atoms with Crippen molar-refractivity contribution >= 4 is 11.9 Å². The maximum absolute atomic E-state index is 12.2. The summed E-state index contributed by atoms with van der Waals surface area (Å²) in [7, 11) is 0. The van der Waals surface area contributed by atoms with Crippen molar-refractivity contribution in [2.75, 3.05) is 6.54 Å². The average molecular weight is 289 g/mol. The zero-order valence-electron chi connectivity index (χ0n) is 12.5. The van der Waals surface area contributed by atoms with Gasteiger partial charge < -0.3 is 10.4 Å². The van der Waals surface area contributed by atoms with E-state index in [0.29, 0.717) is 12.1 Å². The van der Waals surface area contributed by atoms with Crippen molar-refractivity contribution < 1.29 is 14.7 Å². The van der Waals surface area contributed by atoms with Crippen LogP contribution in [0, 0.1) is 12.3 Å². The van der Waals surface area contributed by atoms with Crippen LogP contribution in [-0.4, -0.2) is 23.5 Å². The van der Waals surface area contributed by atoms with Crippen LogP contribution in [0.1, 0.15) is 54.4 Å². The molecule has 0 radical (unpaired) electrons. The van der Waals surface area contributed by atoms with Gasteiger partial charge >= 0.3 is 5.97 Å². The number of carboxylic acid groups (broad SMARTS) is 1. The van der Waals surface area contributed by atoms with Crippen molar-refractivity contribution in [1.29, 1.82) is 0 Å². The Balaban J connectivity index is 1.99. The number of amides is 1. The molecule has 1 aromatic carbocycles. The van der Waals surface area contributed by atoms with Crippen LogP contribution >= 0.6 is 0 Å². The number of benzene rings is 1. The second-order valence-electron chi connectivity index (χ2n) is 6.18. The van der Waals surface area contributed by atoms with Crippen LogP contribution in [0.3, 0.4) is 0 Å². The summed E-state index contributed by atoms with van der Waals surface area (Å²) < 4.78 is 0. The number of aliphatic carboxylic acids is 1. The first-order valence-electron chi connectivity index (χ1n) is 7.57. The largest absolute Gasteiger partial charge is 0.481 e. The molecule has 0 atom stereocenters. The topological polar surface area (TPSA) is 66.4 Å². The van der Waals surface area contributed by atoms with Gasteiger partial charge in [-0.15, -0.1) is 0 Å². The van der Waals surface area contributed by atoms with Gasteiger partial charge in [-0.3, -0.25) is 9.59 Å². The number of carboxylic acids is 1. The Labute approximate surface area is 125 Å². The number of nitrogens with one attached hydrogen (secondary N) is 1. The Morgan fingerprint density at radius 2 is 1.76 bits per heavy atom. The highest BCUT2D eigenvalue weighted by Gasteiger charge is 2.34. The van der Waals surface area contributed by atoms with Gasteiger partial charge in [-0.25, -0.2) is 0 Å². The predicted octanol–water partition coefficient (Wildman–Crippen LogP) is 3.15. The lowest BCUT2D eigenvalue weighted by Gasteiger charge is -2.36. The van der Waals surface area contributed by atoms with Crippen LogP contribution in [0.25, 0.3) is 0 Å². The summed E-state index contributed by atoms with van der Waals surface area (Å²) in [6.45, 7) is 2.43. The molecule has 1 amide bonds. The van der Waals surface area contributed by atoms with Gasteiger partial charge in [-0.1, -0.05) is 37.0 Å². The second-order valence-corrected chi connectivity index (χ2v) is 6.18. The molecule has 0 saturated heterocycles. The maximum Gasteiger partial charge on any atom is 0.303 e. The first kappa shape index (κ1) is 15.5. The molecule has 1 saturated carbocycles. The Morgan fingerprint density at radius 1 is 1.14 bits per heavy atom. The van der Waals surface area contributed by atoms with E-state index in [0.717, 1.165) is 37.7 Å². The smallest absolute Gasteiger partial charge is 0.303 e. The van der Waals surface area contributed by atoms with Gasteiger partial charge in [0.15, 0.2) is 0 Å². The first-order chi connectivity index (χ1) is 10.0. The van der Waals surface area contributed by atoms with E-state index in [9.17, 15) is 9.59 Å². The molecule has 1 fully saturated rings. The fourth-order valence-electron chi connectivity index (χ4n) is 3.11. The first-order valence-corrected chi connectivity index (χ1v) is 7.57. The van der Waals surface area contributed by atoms with Crippen molar-refractivity contribution in [3.63, 3.8) is 0 Å². The van der Waals surface area contributed by atoms with Gasteiger partial charge in [0.1, 0.15) is 0 Å². The number of aryl methyl sites for hydroxylation is 1. The van der Waals surface area contributed by atoms with Crippen LogP contribution in [0.2, 0.25) is 0 Å². The molecule has 4 heteroatoms. The fraction of sp³-hybridized carbons (Fsp3) is 0.529. The molecule has 21 heavy (non-hydrogen) atoms. The highest BCUT2D eigenvalue weighted by molar-refractivity contribution is 5.94. The molecular formula is C17H23NO3. The van der Waals surface area contributed by atoms with Gasteiger partial charge in [0.05, 0.1) is 6.42 Å². The van der Waals surface area contributed by atoms with Crippen molar-refractivity contribution in [2.24, 2.45) is 5.41 Å². The van der Waals surface area contributed by atoms with E-state index in [2.05, 4.69) is 5.32 Å². The monoisotopic (exact) mass is 289 g/mol. The SMILES string of the molecule is Cc1ccc(C(=O)NCC2(CC(=O)O)CCCCC2)cc1. The maximum atomic E-state index is 12.2. The van der Waals surface area contributed by atoms with Crippen LogP contribution < -0.4 is 5.32 Å². The van der Waals surface area contributed by atoms with E-state index in [1.165, 1.54) is 0 Å². The number of carbonyl (C=O) groups is 2. The Kier molecular flexibility index (Phi) is 4.99. The van der Waals surface area contributed by atoms with Crippen LogP contribution in [0.4, 0.5) is 0 Å². The standard InChI is InChI=1S/C17H23NO3/c1-13-5-7-14(8-6-13)16(21)18-12-17(11-15(19)20)9-3-2-4-10-17/h5-8H,2-4,9-12H2,1H3,(H,18,21)(H,19,20). The number of carbonyl (C=O) groups excluding carboxylic acids is 1. The lowest BCUT2D eigenvalue weighted by atomic mass is 9.71. The van der Waals surface area contributed by atoms with Crippen LogP contribution in [-0.2, 0) is 4.79 Å². The number of hydrogen-bond acceptors (Lipinski definition) is 2. The molecule has 1 aliphatic rings. The van der Waals surface area contributed by atoms with Gasteiger partial charge in [-0.05, 0) is 37.3 Å². The fourth-order valence-corrected chi connectivity index (χ4v) is 3.11. The third-order valence-corrected chi connectivity index (χ3v) is 4.38. The Hall–Kier alpha value is -1.84. The number of rotatable bonds is 5. The van der Waals surface area contributed by atoms with Gasteiger partial charge in [0.2, 0.25) is 0 Å². The van der Waals surface area contributed by atoms with E-state index in [1.54, 1.807) is 12.1 Å². The summed E-state index contributed by atoms with van der Waals surface area (Å²) in [5.74, 6) is -0.896. The Bertz CT molecular complexity index is 501. The van der Waals surface area contributed by atoms with Crippen molar-refractivity contribution in [3.05, 3.63) is 35.4 Å². The molecular weight excluding hydrogens is 266 g/mol. The summed E-state index contributed by atoms with van der Waals surface area (Å²) in [5, 5.41) is 12.1. The minimum absolute atomic E-state index is 0.120. The minimum atomic E-state index is -0.776. The molecule has 1 aromatic rings. The average Bonchev–Trinajstić information content (AvgIpc) is 2.46. The van der Waals surface area contributed by atoms with Crippen molar-refractivity contribution in [1.82, 2.24) is 5.32 Å². The minimum Gasteiger partial charge on any atom is -0.481 e. The molecule has 0 heterocycles. The third kappa shape index (κ3) is 4.31. The Morgan fingerprint density at radius 3 is 2.33 bits per heavy atom. The molecule has 4 nitrogen and oxygen atoms in total. The number of hydrogen-bond donors (Lipinski definition) is 2. The molecule has 0 spiro atoms. The normalized spacial score (nSPS) is 17.2. The zero-order valence-corrected chi connectivity index (χ0v) is 12.5. The molecule has 2 rings (SSSR count). The molecule has 0 aliphatic heterocycles. The van der Waals surface area contributed by atoms with Crippen molar-refractivity contribution in [3.8, 4) is 0 Å². The van der Waals surface area contributed by atoms with Gasteiger partial charge in [0, 0.05) is 12.1 Å². The van der Waals surface area contributed by atoms with E-state index in [4.69, 9.17) is 5.11 Å². The van der Waals surface area contributed by atoms with E-state index in [-0.39, 0.29) is 17.7 Å². The third-order valence-electron chi connectivity index (χ3n) is 4.38. The molecule has 0 unspecified atom stereocenters.